The van der Waals surface area contributed by atoms with Gasteiger partial charge >= 0.3 is 0 Å². The topological polar surface area (TPSA) is 76.2 Å². The molecule has 1 amide bonds. The average molecular weight is 239 g/mol. The number of rotatable bonds is 6. The molecular weight excluding hydrogens is 218 g/mol. The molecule has 0 aliphatic rings. The summed E-state index contributed by atoms with van der Waals surface area (Å²) in [6.07, 6.45) is 1.85. The van der Waals surface area contributed by atoms with Crippen molar-refractivity contribution in [2.45, 2.75) is 13.5 Å². The molecule has 0 bridgehead atoms. The van der Waals surface area contributed by atoms with Crippen molar-refractivity contribution in [3.05, 3.63) is 12.3 Å². The van der Waals surface area contributed by atoms with E-state index in [0.717, 1.165) is 19.6 Å². The zero-order chi connectivity index (χ0) is 12.8. The molecule has 0 spiro atoms. The molecule has 0 radical (unpaired) electrons. The van der Waals surface area contributed by atoms with Crippen LogP contribution in [0.2, 0.25) is 0 Å². The standard InChI is InChI=1S/C11H21N5O/c1-9(11(17)13-2)8-15(3)6-7-16-5-4-10(12)14-16/h4-5,9H,6-8H2,1-3H3,(H2,12,14)(H,13,17). The highest BCUT2D eigenvalue weighted by Gasteiger charge is 2.13. The average Bonchev–Trinajstić information content (AvgIpc) is 2.71. The van der Waals surface area contributed by atoms with Crippen molar-refractivity contribution >= 4 is 11.7 Å². The van der Waals surface area contributed by atoms with Crippen molar-refractivity contribution in [1.29, 1.82) is 0 Å². The number of anilines is 1. The quantitative estimate of drug-likeness (QED) is 0.719. The van der Waals surface area contributed by atoms with Crippen LogP contribution >= 0.6 is 0 Å². The molecule has 6 nitrogen and oxygen atoms in total. The maximum absolute atomic E-state index is 11.4. The molecule has 0 saturated carbocycles. The molecule has 1 atom stereocenters. The number of nitrogens with two attached hydrogens (primary N) is 1. The van der Waals surface area contributed by atoms with Crippen molar-refractivity contribution in [3.8, 4) is 0 Å². The molecular formula is C11H21N5O. The summed E-state index contributed by atoms with van der Waals surface area (Å²) < 4.78 is 1.80. The number of nitrogens with one attached hydrogen (secondary N) is 1. The third-order valence-corrected chi connectivity index (χ3v) is 2.65. The zero-order valence-electron chi connectivity index (χ0n) is 10.7. The second kappa shape index (κ2) is 6.24. The highest BCUT2D eigenvalue weighted by atomic mass is 16.1. The smallest absolute Gasteiger partial charge is 0.223 e. The van der Waals surface area contributed by atoms with Gasteiger partial charge in [-0.25, -0.2) is 0 Å². The molecule has 1 aromatic heterocycles. The van der Waals surface area contributed by atoms with E-state index in [4.69, 9.17) is 5.73 Å². The van der Waals surface area contributed by atoms with Gasteiger partial charge in [-0.3, -0.25) is 9.48 Å². The SMILES string of the molecule is CNC(=O)C(C)CN(C)CCn1ccc(N)n1. The van der Waals surface area contributed by atoms with Crippen LogP contribution in [0.25, 0.3) is 0 Å². The Hall–Kier alpha value is -1.56. The number of hydrogen-bond donors (Lipinski definition) is 2. The van der Waals surface area contributed by atoms with Gasteiger partial charge in [0.1, 0.15) is 5.82 Å². The molecule has 1 heterocycles. The van der Waals surface area contributed by atoms with Gasteiger partial charge in [0.25, 0.3) is 0 Å². The molecule has 17 heavy (non-hydrogen) atoms. The lowest BCUT2D eigenvalue weighted by Crippen LogP contribution is -2.35. The van der Waals surface area contributed by atoms with Crippen molar-refractivity contribution < 1.29 is 4.79 Å². The van der Waals surface area contributed by atoms with Crippen LogP contribution in [0.5, 0.6) is 0 Å². The minimum atomic E-state index is -0.00677. The van der Waals surface area contributed by atoms with Gasteiger partial charge in [0.2, 0.25) is 5.91 Å². The molecule has 6 heteroatoms. The molecule has 0 fully saturated rings. The highest BCUT2D eigenvalue weighted by Crippen LogP contribution is 2.00. The molecule has 0 aromatic carbocycles. The minimum absolute atomic E-state index is 0.00677. The van der Waals surface area contributed by atoms with Gasteiger partial charge in [0.05, 0.1) is 6.54 Å². The second-order valence-corrected chi connectivity index (χ2v) is 4.28. The first-order chi connectivity index (χ1) is 8.02. The van der Waals surface area contributed by atoms with Crippen LogP contribution in [0.4, 0.5) is 5.82 Å². The number of nitrogen functional groups attached to an aromatic ring is 1. The van der Waals surface area contributed by atoms with E-state index < -0.39 is 0 Å². The number of carbonyl (C=O) groups is 1. The number of amides is 1. The molecule has 0 saturated heterocycles. The van der Waals surface area contributed by atoms with Crippen LogP contribution in [0.15, 0.2) is 12.3 Å². The number of likely N-dealkylation sites (N-methyl/N-ethyl adjacent to an activating group) is 1. The van der Waals surface area contributed by atoms with E-state index in [1.165, 1.54) is 0 Å². The first-order valence-electron chi connectivity index (χ1n) is 5.72. The van der Waals surface area contributed by atoms with Crippen molar-refractivity contribution in [3.63, 3.8) is 0 Å². The third kappa shape index (κ3) is 4.44. The number of hydrogen-bond acceptors (Lipinski definition) is 4. The molecule has 1 rings (SSSR count). The van der Waals surface area contributed by atoms with Gasteiger partial charge in [-0.15, -0.1) is 0 Å². The largest absolute Gasteiger partial charge is 0.382 e. The summed E-state index contributed by atoms with van der Waals surface area (Å²) in [4.78, 5) is 13.5. The van der Waals surface area contributed by atoms with E-state index in [1.54, 1.807) is 17.8 Å². The molecule has 0 aliphatic carbocycles. The van der Waals surface area contributed by atoms with Crippen LogP contribution < -0.4 is 11.1 Å². The Kier molecular flexibility index (Phi) is 4.96. The van der Waals surface area contributed by atoms with Crippen LogP contribution in [0, 0.1) is 5.92 Å². The number of nitrogens with zero attached hydrogens (tertiary/aromatic N) is 3. The van der Waals surface area contributed by atoms with Crippen LogP contribution in [0.3, 0.4) is 0 Å². The van der Waals surface area contributed by atoms with Crippen molar-refractivity contribution in [1.82, 2.24) is 20.0 Å². The van der Waals surface area contributed by atoms with E-state index >= 15 is 0 Å². The van der Waals surface area contributed by atoms with E-state index in [9.17, 15) is 4.79 Å². The number of carbonyl (C=O) groups excluding carboxylic acids is 1. The summed E-state index contributed by atoms with van der Waals surface area (Å²) in [6, 6.07) is 1.77. The molecule has 0 aliphatic heterocycles. The normalized spacial score (nSPS) is 12.7. The first-order valence-corrected chi connectivity index (χ1v) is 5.72. The minimum Gasteiger partial charge on any atom is -0.382 e. The van der Waals surface area contributed by atoms with Crippen molar-refractivity contribution in [2.24, 2.45) is 5.92 Å². The summed E-state index contributed by atoms with van der Waals surface area (Å²) >= 11 is 0. The van der Waals surface area contributed by atoms with Gasteiger partial charge in [0, 0.05) is 32.3 Å². The summed E-state index contributed by atoms with van der Waals surface area (Å²) in [5.41, 5.74) is 5.52. The van der Waals surface area contributed by atoms with Gasteiger partial charge < -0.3 is 16.0 Å². The van der Waals surface area contributed by atoms with Crippen LogP contribution in [-0.2, 0) is 11.3 Å². The predicted octanol–water partition coefficient (Wildman–Crippen LogP) is -0.221. The molecule has 3 N–H and O–H groups in total. The summed E-state index contributed by atoms with van der Waals surface area (Å²) in [5.74, 6) is 0.597. The van der Waals surface area contributed by atoms with Gasteiger partial charge in [-0.1, -0.05) is 6.92 Å². The molecule has 1 unspecified atom stereocenters. The lowest BCUT2D eigenvalue weighted by molar-refractivity contribution is -0.124. The lowest BCUT2D eigenvalue weighted by atomic mass is 10.1. The highest BCUT2D eigenvalue weighted by molar-refractivity contribution is 5.78. The van der Waals surface area contributed by atoms with Gasteiger partial charge in [-0.2, -0.15) is 5.10 Å². The van der Waals surface area contributed by atoms with E-state index in [2.05, 4.69) is 15.3 Å². The number of aromatic nitrogens is 2. The summed E-state index contributed by atoms with van der Waals surface area (Å²) in [5, 5.41) is 6.75. The summed E-state index contributed by atoms with van der Waals surface area (Å²) in [7, 11) is 3.65. The summed E-state index contributed by atoms with van der Waals surface area (Å²) in [6.45, 7) is 4.26. The van der Waals surface area contributed by atoms with E-state index in [0.29, 0.717) is 5.82 Å². The monoisotopic (exact) mass is 239 g/mol. The Morgan fingerprint density at radius 1 is 1.71 bits per heavy atom. The fourth-order valence-corrected chi connectivity index (χ4v) is 1.66. The zero-order valence-corrected chi connectivity index (χ0v) is 10.7. The Labute approximate surface area is 102 Å². The van der Waals surface area contributed by atoms with E-state index in [1.807, 2.05) is 20.2 Å². The molecule has 96 valence electrons. The fourth-order valence-electron chi connectivity index (χ4n) is 1.66. The van der Waals surface area contributed by atoms with Gasteiger partial charge in [0.15, 0.2) is 0 Å². The van der Waals surface area contributed by atoms with Gasteiger partial charge in [-0.05, 0) is 13.1 Å². The first kappa shape index (κ1) is 13.5. The lowest BCUT2D eigenvalue weighted by Gasteiger charge is -2.20. The second-order valence-electron chi connectivity index (χ2n) is 4.28. The Morgan fingerprint density at radius 2 is 2.41 bits per heavy atom. The van der Waals surface area contributed by atoms with Crippen LogP contribution in [-0.4, -0.2) is 47.8 Å². The fraction of sp³-hybridized carbons (Fsp3) is 0.636. The Morgan fingerprint density at radius 3 is 2.94 bits per heavy atom. The predicted molar refractivity (Wildman–Crippen MR) is 67.4 cm³/mol. The third-order valence-electron chi connectivity index (χ3n) is 2.65. The molecule has 1 aromatic rings. The maximum atomic E-state index is 11.4. The maximum Gasteiger partial charge on any atom is 0.223 e. The van der Waals surface area contributed by atoms with Crippen molar-refractivity contribution in [2.75, 3.05) is 32.9 Å². The van der Waals surface area contributed by atoms with Crippen LogP contribution in [0.1, 0.15) is 6.92 Å². The Bertz CT molecular complexity index is 362. The Balaban J connectivity index is 2.30. The van der Waals surface area contributed by atoms with E-state index in [-0.39, 0.29) is 11.8 Å².